The SMILES string of the molecule is NCc1coc(COc2cc(Br)ccc2F)c1. The minimum absolute atomic E-state index is 0.174. The summed E-state index contributed by atoms with van der Waals surface area (Å²) in [7, 11) is 0. The lowest BCUT2D eigenvalue weighted by Crippen LogP contribution is -1.97. The number of nitrogens with two attached hydrogens (primary N) is 1. The van der Waals surface area contributed by atoms with Gasteiger partial charge in [0.05, 0.1) is 6.26 Å². The van der Waals surface area contributed by atoms with E-state index in [0.717, 1.165) is 10.0 Å². The highest BCUT2D eigenvalue weighted by atomic mass is 79.9. The summed E-state index contributed by atoms with van der Waals surface area (Å²) >= 11 is 3.25. The number of halogens is 2. The average Bonchev–Trinajstić information content (AvgIpc) is 2.78. The van der Waals surface area contributed by atoms with E-state index in [4.69, 9.17) is 14.9 Å². The van der Waals surface area contributed by atoms with E-state index < -0.39 is 5.82 Å². The highest BCUT2D eigenvalue weighted by molar-refractivity contribution is 9.10. The van der Waals surface area contributed by atoms with Gasteiger partial charge in [-0.15, -0.1) is 0 Å². The number of hydrogen-bond acceptors (Lipinski definition) is 3. The molecular weight excluding hydrogens is 289 g/mol. The standard InChI is InChI=1S/C12H11BrFNO2/c13-9-1-2-11(14)12(4-9)17-7-10-3-8(5-15)6-16-10/h1-4,6H,5,7,15H2. The fraction of sp³-hybridized carbons (Fsp3) is 0.167. The van der Waals surface area contributed by atoms with E-state index in [-0.39, 0.29) is 12.4 Å². The van der Waals surface area contributed by atoms with Gasteiger partial charge in [-0.05, 0) is 24.3 Å². The molecule has 2 aromatic rings. The normalized spacial score (nSPS) is 10.5. The average molecular weight is 300 g/mol. The summed E-state index contributed by atoms with van der Waals surface area (Å²) in [6.07, 6.45) is 1.57. The number of rotatable bonds is 4. The molecule has 0 spiro atoms. The predicted molar refractivity (Wildman–Crippen MR) is 65.0 cm³/mol. The molecule has 0 fully saturated rings. The van der Waals surface area contributed by atoms with Gasteiger partial charge in [-0.3, -0.25) is 0 Å². The van der Waals surface area contributed by atoms with Crippen LogP contribution in [0.25, 0.3) is 0 Å². The number of ether oxygens (including phenoxy) is 1. The molecule has 0 bridgehead atoms. The van der Waals surface area contributed by atoms with Crippen molar-refractivity contribution in [2.45, 2.75) is 13.2 Å². The van der Waals surface area contributed by atoms with Gasteiger partial charge < -0.3 is 14.9 Å². The van der Waals surface area contributed by atoms with Crippen molar-refractivity contribution in [1.82, 2.24) is 0 Å². The third-order valence-corrected chi connectivity index (χ3v) is 2.70. The molecular formula is C12H11BrFNO2. The largest absolute Gasteiger partial charge is 0.483 e. The Bertz CT molecular complexity index is 513. The molecule has 0 saturated heterocycles. The Hall–Kier alpha value is -1.33. The number of benzene rings is 1. The van der Waals surface area contributed by atoms with Crippen molar-refractivity contribution >= 4 is 15.9 Å². The fourth-order valence-corrected chi connectivity index (χ4v) is 1.69. The summed E-state index contributed by atoms with van der Waals surface area (Å²) in [5.41, 5.74) is 6.33. The van der Waals surface area contributed by atoms with Crippen LogP contribution < -0.4 is 10.5 Å². The molecule has 2 N–H and O–H groups in total. The van der Waals surface area contributed by atoms with E-state index in [1.165, 1.54) is 6.07 Å². The van der Waals surface area contributed by atoms with Crippen LogP contribution in [0.1, 0.15) is 11.3 Å². The maximum absolute atomic E-state index is 13.3. The first-order valence-electron chi connectivity index (χ1n) is 5.03. The smallest absolute Gasteiger partial charge is 0.165 e. The fourth-order valence-electron chi connectivity index (χ4n) is 1.35. The summed E-state index contributed by atoms with van der Waals surface area (Å²) in [5.74, 6) is 0.397. The minimum atomic E-state index is -0.404. The molecule has 0 aliphatic rings. The highest BCUT2D eigenvalue weighted by Crippen LogP contribution is 2.23. The van der Waals surface area contributed by atoms with Gasteiger partial charge in [-0.2, -0.15) is 0 Å². The van der Waals surface area contributed by atoms with Crippen molar-refractivity contribution in [3.8, 4) is 5.75 Å². The molecule has 0 radical (unpaired) electrons. The van der Waals surface area contributed by atoms with Crippen molar-refractivity contribution in [3.63, 3.8) is 0 Å². The van der Waals surface area contributed by atoms with Crippen LogP contribution in [0.2, 0.25) is 0 Å². The van der Waals surface area contributed by atoms with Crippen LogP contribution >= 0.6 is 15.9 Å². The first kappa shape index (κ1) is 12.1. The quantitative estimate of drug-likeness (QED) is 0.943. The van der Waals surface area contributed by atoms with Crippen LogP contribution in [0.15, 0.2) is 39.4 Å². The van der Waals surface area contributed by atoms with Gasteiger partial charge in [0.2, 0.25) is 0 Å². The summed E-state index contributed by atoms with van der Waals surface area (Å²) in [5, 5.41) is 0. The van der Waals surface area contributed by atoms with E-state index in [1.54, 1.807) is 24.5 Å². The summed E-state index contributed by atoms with van der Waals surface area (Å²) < 4.78 is 24.6. The Morgan fingerprint density at radius 3 is 2.88 bits per heavy atom. The molecule has 0 aliphatic heterocycles. The third kappa shape index (κ3) is 3.08. The molecule has 0 aliphatic carbocycles. The molecule has 90 valence electrons. The second-order valence-corrected chi connectivity index (χ2v) is 4.40. The van der Waals surface area contributed by atoms with E-state index in [1.807, 2.05) is 0 Å². The van der Waals surface area contributed by atoms with Gasteiger partial charge in [0.15, 0.2) is 11.6 Å². The topological polar surface area (TPSA) is 48.4 Å². The van der Waals surface area contributed by atoms with Crippen LogP contribution in [0.5, 0.6) is 5.75 Å². The monoisotopic (exact) mass is 299 g/mol. The zero-order chi connectivity index (χ0) is 12.3. The lowest BCUT2D eigenvalue weighted by Gasteiger charge is -2.05. The predicted octanol–water partition coefficient (Wildman–Crippen LogP) is 3.22. The van der Waals surface area contributed by atoms with Crippen molar-refractivity contribution in [1.29, 1.82) is 0 Å². The maximum Gasteiger partial charge on any atom is 0.165 e. The van der Waals surface area contributed by atoms with Gasteiger partial charge in [0, 0.05) is 16.6 Å². The Morgan fingerprint density at radius 1 is 1.35 bits per heavy atom. The second kappa shape index (κ2) is 5.33. The van der Waals surface area contributed by atoms with E-state index in [9.17, 15) is 4.39 Å². The van der Waals surface area contributed by atoms with Gasteiger partial charge in [0.25, 0.3) is 0 Å². The minimum Gasteiger partial charge on any atom is -0.483 e. The van der Waals surface area contributed by atoms with Crippen LogP contribution in [-0.4, -0.2) is 0 Å². The molecule has 2 rings (SSSR count). The van der Waals surface area contributed by atoms with Crippen LogP contribution in [0, 0.1) is 5.82 Å². The molecule has 1 aromatic heterocycles. The maximum atomic E-state index is 13.3. The summed E-state index contributed by atoms with van der Waals surface area (Å²) in [4.78, 5) is 0. The van der Waals surface area contributed by atoms with E-state index >= 15 is 0 Å². The van der Waals surface area contributed by atoms with Crippen molar-refractivity contribution in [2.75, 3.05) is 0 Å². The Morgan fingerprint density at radius 2 is 2.18 bits per heavy atom. The summed E-state index contributed by atoms with van der Waals surface area (Å²) in [6, 6.07) is 6.31. The summed E-state index contributed by atoms with van der Waals surface area (Å²) in [6.45, 7) is 0.585. The third-order valence-electron chi connectivity index (χ3n) is 2.21. The Labute approximate surface area is 106 Å². The molecule has 0 atom stereocenters. The van der Waals surface area contributed by atoms with E-state index in [0.29, 0.717) is 12.3 Å². The molecule has 1 aromatic carbocycles. The lowest BCUT2D eigenvalue weighted by atomic mass is 10.3. The van der Waals surface area contributed by atoms with Crippen molar-refractivity contribution in [3.05, 3.63) is 52.1 Å². The van der Waals surface area contributed by atoms with Crippen LogP contribution in [-0.2, 0) is 13.2 Å². The zero-order valence-electron chi connectivity index (χ0n) is 8.95. The number of hydrogen-bond donors (Lipinski definition) is 1. The van der Waals surface area contributed by atoms with Gasteiger partial charge in [0.1, 0.15) is 12.4 Å². The molecule has 0 saturated carbocycles. The first-order chi connectivity index (χ1) is 8.19. The number of furan rings is 1. The van der Waals surface area contributed by atoms with Crippen molar-refractivity contribution in [2.24, 2.45) is 5.73 Å². The van der Waals surface area contributed by atoms with Crippen LogP contribution in [0.4, 0.5) is 4.39 Å². The van der Waals surface area contributed by atoms with Crippen LogP contribution in [0.3, 0.4) is 0 Å². The molecule has 0 amide bonds. The Balaban J connectivity index is 2.04. The Kier molecular flexibility index (Phi) is 3.81. The van der Waals surface area contributed by atoms with Gasteiger partial charge in [-0.25, -0.2) is 4.39 Å². The van der Waals surface area contributed by atoms with Gasteiger partial charge >= 0.3 is 0 Å². The lowest BCUT2D eigenvalue weighted by molar-refractivity contribution is 0.258. The molecule has 1 heterocycles. The first-order valence-corrected chi connectivity index (χ1v) is 5.82. The van der Waals surface area contributed by atoms with Crippen molar-refractivity contribution < 1.29 is 13.5 Å². The molecule has 3 nitrogen and oxygen atoms in total. The van der Waals surface area contributed by atoms with E-state index in [2.05, 4.69) is 15.9 Å². The van der Waals surface area contributed by atoms with Gasteiger partial charge in [-0.1, -0.05) is 15.9 Å². The molecule has 0 unspecified atom stereocenters. The molecule has 17 heavy (non-hydrogen) atoms. The second-order valence-electron chi connectivity index (χ2n) is 3.49. The zero-order valence-corrected chi connectivity index (χ0v) is 10.5. The highest BCUT2D eigenvalue weighted by Gasteiger charge is 2.06. The molecule has 5 heteroatoms.